The number of aromatic nitrogens is 2. The predicted molar refractivity (Wildman–Crippen MR) is 83.8 cm³/mol. The third-order valence-electron chi connectivity index (χ3n) is 3.61. The van der Waals surface area contributed by atoms with Gasteiger partial charge in [-0.25, -0.2) is 13.8 Å². The van der Waals surface area contributed by atoms with Crippen LogP contribution in [-0.2, 0) is 0 Å². The first-order chi connectivity index (χ1) is 11.1. The molecule has 0 bridgehead atoms. The number of para-hydroxylation sites is 1. The van der Waals surface area contributed by atoms with Crippen LogP contribution in [0, 0.1) is 11.6 Å². The zero-order chi connectivity index (χ0) is 16.4. The highest BCUT2D eigenvalue weighted by molar-refractivity contribution is 5.59. The summed E-state index contributed by atoms with van der Waals surface area (Å²) in [5.74, 6) is -0.368. The van der Waals surface area contributed by atoms with E-state index in [-0.39, 0.29) is 18.3 Å². The van der Waals surface area contributed by atoms with Gasteiger partial charge in [-0.1, -0.05) is 6.07 Å². The van der Waals surface area contributed by atoms with Crippen LogP contribution in [0.3, 0.4) is 0 Å². The summed E-state index contributed by atoms with van der Waals surface area (Å²) < 4.78 is 27.6. The van der Waals surface area contributed by atoms with E-state index in [2.05, 4.69) is 20.6 Å². The fourth-order valence-corrected chi connectivity index (χ4v) is 2.19. The molecule has 1 saturated carbocycles. The van der Waals surface area contributed by atoms with Gasteiger partial charge in [-0.15, -0.1) is 0 Å². The number of hydrogen-bond acceptors (Lipinski definition) is 5. The Kier molecular flexibility index (Phi) is 4.38. The van der Waals surface area contributed by atoms with Crippen molar-refractivity contribution in [1.82, 2.24) is 9.97 Å². The second-order valence-corrected chi connectivity index (χ2v) is 5.73. The number of benzene rings is 1. The third kappa shape index (κ3) is 3.73. The molecule has 0 radical (unpaired) electrons. The first kappa shape index (κ1) is 15.6. The van der Waals surface area contributed by atoms with Gasteiger partial charge in [0, 0.05) is 18.0 Å². The van der Waals surface area contributed by atoms with Gasteiger partial charge < -0.3 is 15.7 Å². The van der Waals surface area contributed by atoms with E-state index in [0.29, 0.717) is 17.7 Å². The van der Waals surface area contributed by atoms with E-state index in [0.717, 1.165) is 18.5 Å². The van der Waals surface area contributed by atoms with Crippen LogP contribution in [-0.4, -0.2) is 27.7 Å². The molecule has 23 heavy (non-hydrogen) atoms. The minimum atomic E-state index is -0.685. The van der Waals surface area contributed by atoms with Gasteiger partial charge in [0.1, 0.15) is 23.1 Å². The summed E-state index contributed by atoms with van der Waals surface area (Å²) in [4.78, 5) is 8.64. The van der Waals surface area contributed by atoms with E-state index in [9.17, 15) is 8.78 Å². The molecule has 1 fully saturated rings. The minimum absolute atomic E-state index is 0.0677. The van der Waals surface area contributed by atoms with E-state index in [4.69, 9.17) is 5.11 Å². The number of aliphatic hydroxyl groups is 1. The molecule has 7 heteroatoms. The highest BCUT2D eigenvalue weighted by Gasteiger charge is 2.26. The standard InChI is InChI=1S/C16H18F2N4O/c1-9(8-23)19-16-20-13(10-5-6-10)7-14(22-16)21-15-11(17)3-2-4-12(15)18/h2-4,7,9-10,23H,5-6,8H2,1H3,(H2,19,20,21,22)/t9-/m0/s1. The van der Waals surface area contributed by atoms with Crippen LogP contribution >= 0.6 is 0 Å². The van der Waals surface area contributed by atoms with Crippen LogP contribution in [0.4, 0.5) is 26.2 Å². The van der Waals surface area contributed by atoms with Gasteiger partial charge in [0.2, 0.25) is 5.95 Å². The molecule has 1 aliphatic carbocycles. The van der Waals surface area contributed by atoms with E-state index in [1.165, 1.54) is 18.2 Å². The maximum absolute atomic E-state index is 13.8. The Bertz CT molecular complexity index is 686. The molecule has 122 valence electrons. The quantitative estimate of drug-likeness (QED) is 0.763. The zero-order valence-corrected chi connectivity index (χ0v) is 12.7. The smallest absolute Gasteiger partial charge is 0.225 e. The van der Waals surface area contributed by atoms with Crippen molar-refractivity contribution in [2.24, 2.45) is 0 Å². The van der Waals surface area contributed by atoms with E-state index >= 15 is 0 Å². The van der Waals surface area contributed by atoms with Crippen molar-refractivity contribution in [3.8, 4) is 0 Å². The van der Waals surface area contributed by atoms with Gasteiger partial charge in [-0.3, -0.25) is 0 Å². The maximum atomic E-state index is 13.8. The summed E-state index contributed by atoms with van der Waals surface area (Å²) in [6.45, 7) is 1.72. The largest absolute Gasteiger partial charge is 0.394 e. The van der Waals surface area contributed by atoms with Crippen molar-refractivity contribution < 1.29 is 13.9 Å². The average Bonchev–Trinajstić information content (AvgIpc) is 3.35. The summed E-state index contributed by atoms with van der Waals surface area (Å²) >= 11 is 0. The summed E-state index contributed by atoms with van der Waals surface area (Å²) in [7, 11) is 0. The Morgan fingerprint density at radius 3 is 2.57 bits per heavy atom. The molecule has 2 aromatic rings. The molecule has 1 heterocycles. The van der Waals surface area contributed by atoms with Gasteiger partial charge in [0.15, 0.2) is 0 Å². The lowest BCUT2D eigenvalue weighted by atomic mass is 10.2. The lowest BCUT2D eigenvalue weighted by Gasteiger charge is -2.14. The van der Waals surface area contributed by atoms with Crippen LogP contribution in [0.2, 0.25) is 0 Å². The number of hydrogen-bond donors (Lipinski definition) is 3. The van der Waals surface area contributed by atoms with E-state index in [1.54, 1.807) is 13.0 Å². The molecule has 5 nitrogen and oxygen atoms in total. The van der Waals surface area contributed by atoms with Crippen molar-refractivity contribution in [2.75, 3.05) is 17.2 Å². The molecule has 3 rings (SSSR count). The van der Waals surface area contributed by atoms with Crippen LogP contribution in [0.1, 0.15) is 31.4 Å². The van der Waals surface area contributed by atoms with E-state index in [1.807, 2.05) is 0 Å². The molecule has 0 amide bonds. The molecule has 1 aliphatic rings. The van der Waals surface area contributed by atoms with Gasteiger partial charge in [0.05, 0.1) is 12.3 Å². The average molecular weight is 320 g/mol. The number of rotatable bonds is 6. The topological polar surface area (TPSA) is 70.1 Å². The summed E-state index contributed by atoms with van der Waals surface area (Å²) in [5, 5.41) is 14.8. The Morgan fingerprint density at radius 1 is 1.26 bits per heavy atom. The highest BCUT2D eigenvalue weighted by atomic mass is 19.1. The number of aliphatic hydroxyl groups excluding tert-OH is 1. The van der Waals surface area contributed by atoms with Crippen LogP contribution in [0.25, 0.3) is 0 Å². The lowest BCUT2D eigenvalue weighted by molar-refractivity contribution is 0.281. The zero-order valence-electron chi connectivity index (χ0n) is 12.7. The second-order valence-electron chi connectivity index (χ2n) is 5.73. The molecule has 0 saturated heterocycles. The number of nitrogens with one attached hydrogen (secondary N) is 2. The van der Waals surface area contributed by atoms with Crippen LogP contribution in [0.5, 0.6) is 0 Å². The van der Waals surface area contributed by atoms with Crippen LogP contribution < -0.4 is 10.6 Å². The number of anilines is 3. The Hall–Kier alpha value is -2.28. The lowest BCUT2D eigenvalue weighted by Crippen LogP contribution is -2.21. The van der Waals surface area contributed by atoms with Crippen molar-refractivity contribution in [3.05, 3.63) is 41.6 Å². The fourth-order valence-electron chi connectivity index (χ4n) is 2.19. The molecular weight excluding hydrogens is 302 g/mol. The Balaban J connectivity index is 1.91. The fraction of sp³-hybridized carbons (Fsp3) is 0.375. The molecule has 0 aliphatic heterocycles. The normalized spacial score (nSPS) is 15.3. The maximum Gasteiger partial charge on any atom is 0.225 e. The molecule has 1 aromatic heterocycles. The molecule has 1 aromatic carbocycles. The summed E-state index contributed by atoms with van der Waals surface area (Å²) in [6.07, 6.45) is 2.08. The van der Waals surface area contributed by atoms with Gasteiger partial charge in [-0.2, -0.15) is 4.98 Å². The molecule has 0 unspecified atom stereocenters. The van der Waals surface area contributed by atoms with Gasteiger partial charge in [0.25, 0.3) is 0 Å². The minimum Gasteiger partial charge on any atom is -0.394 e. The van der Waals surface area contributed by atoms with Gasteiger partial charge >= 0.3 is 0 Å². The number of halogens is 2. The van der Waals surface area contributed by atoms with Crippen molar-refractivity contribution in [3.63, 3.8) is 0 Å². The third-order valence-corrected chi connectivity index (χ3v) is 3.61. The Morgan fingerprint density at radius 2 is 1.96 bits per heavy atom. The highest BCUT2D eigenvalue weighted by Crippen LogP contribution is 2.40. The predicted octanol–water partition coefficient (Wildman–Crippen LogP) is 3.17. The first-order valence-corrected chi connectivity index (χ1v) is 7.54. The van der Waals surface area contributed by atoms with Crippen molar-refractivity contribution in [2.45, 2.75) is 31.7 Å². The van der Waals surface area contributed by atoms with E-state index < -0.39 is 11.6 Å². The number of nitrogens with zero attached hydrogens (tertiary/aromatic N) is 2. The van der Waals surface area contributed by atoms with Crippen molar-refractivity contribution >= 4 is 17.5 Å². The molecular formula is C16H18F2N4O. The first-order valence-electron chi connectivity index (χ1n) is 7.54. The van der Waals surface area contributed by atoms with Gasteiger partial charge in [-0.05, 0) is 31.9 Å². The summed E-state index contributed by atoms with van der Waals surface area (Å²) in [5.41, 5.74) is 0.584. The second kappa shape index (κ2) is 6.45. The Labute approximate surface area is 132 Å². The van der Waals surface area contributed by atoms with Crippen molar-refractivity contribution in [1.29, 1.82) is 0 Å². The molecule has 1 atom stereocenters. The summed E-state index contributed by atoms with van der Waals surface area (Å²) in [6, 6.07) is 5.16. The SMILES string of the molecule is C[C@@H](CO)Nc1nc(Nc2c(F)cccc2F)cc(C2CC2)n1. The molecule has 3 N–H and O–H groups in total. The van der Waals surface area contributed by atoms with Crippen LogP contribution in [0.15, 0.2) is 24.3 Å². The monoisotopic (exact) mass is 320 g/mol. The molecule has 0 spiro atoms.